The maximum atomic E-state index is 13.7. The zero-order chi connectivity index (χ0) is 23.5. The van der Waals surface area contributed by atoms with Crippen LogP contribution in [-0.2, 0) is 6.54 Å². The molecule has 0 spiro atoms. The van der Waals surface area contributed by atoms with Crippen LogP contribution in [-0.4, -0.2) is 53.0 Å². The lowest BCUT2D eigenvalue weighted by molar-refractivity contribution is 0.0640. The van der Waals surface area contributed by atoms with Crippen molar-refractivity contribution in [1.82, 2.24) is 14.4 Å². The van der Waals surface area contributed by atoms with Crippen LogP contribution < -0.4 is 0 Å². The number of furan rings is 1. The van der Waals surface area contributed by atoms with Crippen molar-refractivity contribution in [3.05, 3.63) is 101 Å². The number of hydrogen-bond acceptors (Lipinski definition) is 3. The van der Waals surface area contributed by atoms with Crippen molar-refractivity contribution in [2.24, 2.45) is 0 Å². The summed E-state index contributed by atoms with van der Waals surface area (Å²) in [7, 11) is 0. The Morgan fingerprint density at radius 2 is 1.74 bits per heavy atom. The van der Waals surface area contributed by atoms with Gasteiger partial charge < -0.3 is 13.9 Å². The molecule has 0 saturated carbocycles. The molecular weight excluding hydrogens is 436 g/mol. The zero-order valence-electron chi connectivity index (χ0n) is 18.7. The standard InChI is InChI=1S/C27H25F2N3O2/c28-22-9-8-21(17-23(22)29)19-32-24-10-16-34-26(24)18-25(32)27(33)31-14-12-30(13-15-31)11-4-7-20-5-2-1-3-6-20/h1-10,16-18H,11-15,19H2/b7-4+. The molecule has 0 unspecified atom stereocenters. The van der Waals surface area contributed by atoms with Gasteiger partial charge in [-0.15, -0.1) is 0 Å². The highest BCUT2D eigenvalue weighted by atomic mass is 19.2. The Bertz CT molecular complexity index is 1320. The fourth-order valence-electron chi connectivity index (χ4n) is 4.34. The van der Waals surface area contributed by atoms with Gasteiger partial charge in [0, 0.05) is 51.4 Å². The molecule has 3 heterocycles. The molecule has 174 valence electrons. The number of amides is 1. The number of nitrogens with zero attached hydrogens (tertiary/aromatic N) is 3. The fraction of sp³-hybridized carbons (Fsp3) is 0.222. The molecule has 7 heteroatoms. The smallest absolute Gasteiger partial charge is 0.270 e. The van der Waals surface area contributed by atoms with Gasteiger partial charge in [-0.2, -0.15) is 0 Å². The van der Waals surface area contributed by atoms with Crippen molar-refractivity contribution in [2.75, 3.05) is 32.7 Å². The molecule has 1 fully saturated rings. The average molecular weight is 462 g/mol. The Balaban J connectivity index is 1.27. The van der Waals surface area contributed by atoms with E-state index in [0.29, 0.717) is 29.9 Å². The first-order valence-corrected chi connectivity index (χ1v) is 11.3. The highest BCUT2D eigenvalue weighted by Crippen LogP contribution is 2.24. The van der Waals surface area contributed by atoms with Crippen molar-refractivity contribution in [3.8, 4) is 0 Å². The molecule has 0 N–H and O–H groups in total. The lowest BCUT2D eigenvalue weighted by Crippen LogP contribution is -2.49. The Hall–Kier alpha value is -3.71. The summed E-state index contributed by atoms with van der Waals surface area (Å²) < 4.78 is 34.4. The van der Waals surface area contributed by atoms with E-state index in [1.165, 1.54) is 11.6 Å². The molecule has 0 bridgehead atoms. The average Bonchev–Trinajstić information content (AvgIpc) is 3.45. The molecule has 0 radical (unpaired) electrons. The van der Waals surface area contributed by atoms with Gasteiger partial charge in [0.15, 0.2) is 17.2 Å². The fourth-order valence-corrected chi connectivity index (χ4v) is 4.34. The Morgan fingerprint density at radius 1 is 0.941 bits per heavy atom. The Morgan fingerprint density at radius 3 is 2.50 bits per heavy atom. The van der Waals surface area contributed by atoms with Crippen molar-refractivity contribution in [1.29, 1.82) is 0 Å². The van der Waals surface area contributed by atoms with Crippen LogP contribution in [0.15, 0.2) is 77.4 Å². The largest absolute Gasteiger partial charge is 0.463 e. The molecule has 4 aromatic rings. The Labute approximate surface area is 196 Å². The quantitative estimate of drug-likeness (QED) is 0.404. The van der Waals surface area contributed by atoms with Gasteiger partial charge in [0.05, 0.1) is 11.8 Å². The highest BCUT2D eigenvalue weighted by molar-refractivity contribution is 5.97. The van der Waals surface area contributed by atoms with Gasteiger partial charge >= 0.3 is 0 Å². The summed E-state index contributed by atoms with van der Waals surface area (Å²) in [5.74, 6) is -1.88. The van der Waals surface area contributed by atoms with E-state index < -0.39 is 11.6 Å². The molecule has 34 heavy (non-hydrogen) atoms. The van der Waals surface area contributed by atoms with Crippen LogP contribution >= 0.6 is 0 Å². The monoisotopic (exact) mass is 461 g/mol. The summed E-state index contributed by atoms with van der Waals surface area (Å²) >= 11 is 0. The molecule has 1 amide bonds. The molecule has 0 atom stereocenters. The predicted octanol–water partition coefficient (Wildman–Crippen LogP) is 5.03. The number of benzene rings is 2. The van der Waals surface area contributed by atoms with Crippen LogP contribution in [0.4, 0.5) is 8.78 Å². The van der Waals surface area contributed by atoms with Crippen LogP contribution in [0.5, 0.6) is 0 Å². The third-order valence-electron chi connectivity index (χ3n) is 6.20. The summed E-state index contributed by atoms with van der Waals surface area (Å²) in [6, 6.07) is 17.5. The highest BCUT2D eigenvalue weighted by Gasteiger charge is 2.26. The first kappa shape index (κ1) is 22.1. The van der Waals surface area contributed by atoms with Gasteiger partial charge in [-0.05, 0) is 23.3 Å². The molecule has 2 aromatic heterocycles. The van der Waals surface area contributed by atoms with E-state index in [1.54, 1.807) is 18.4 Å². The second kappa shape index (κ2) is 9.65. The first-order valence-electron chi connectivity index (χ1n) is 11.3. The molecule has 1 aliphatic heterocycles. The van der Waals surface area contributed by atoms with E-state index in [1.807, 2.05) is 27.7 Å². The van der Waals surface area contributed by atoms with Gasteiger partial charge in [0.2, 0.25) is 0 Å². The maximum Gasteiger partial charge on any atom is 0.270 e. The summed E-state index contributed by atoms with van der Waals surface area (Å²) in [6.07, 6.45) is 5.81. The van der Waals surface area contributed by atoms with E-state index in [2.05, 4.69) is 29.2 Å². The Kier molecular flexibility index (Phi) is 6.27. The first-order chi connectivity index (χ1) is 16.6. The molecule has 0 aliphatic carbocycles. The van der Waals surface area contributed by atoms with Crippen LogP contribution in [0.3, 0.4) is 0 Å². The van der Waals surface area contributed by atoms with Crippen molar-refractivity contribution in [3.63, 3.8) is 0 Å². The summed E-state index contributed by atoms with van der Waals surface area (Å²) in [5.41, 5.74) is 3.56. The van der Waals surface area contributed by atoms with Crippen molar-refractivity contribution >= 4 is 23.1 Å². The van der Waals surface area contributed by atoms with Gasteiger partial charge in [0.25, 0.3) is 5.91 Å². The predicted molar refractivity (Wildman–Crippen MR) is 127 cm³/mol. The molecule has 2 aromatic carbocycles. The van der Waals surface area contributed by atoms with Crippen LogP contribution in [0.1, 0.15) is 21.6 Å². The number of fused-ring (bicyclic) bond motifs is 1. The molecular formula is C27H25F2N3O2. The summed E-state index contributed by atoms with van der Waals surface area (Å²) in [5, 5.41) is 0. The van der Waals surface area contributed by atoms with Gasteiger partial charge in [-0.25, -0.2) is 8.78 Å². The van der Waals surface area contributed by atoms with Crippen LogP contribution in [0, 0.1) is 11.6 Å². The zero-order valence-corrected chi connectivity index (χ0v) is 18.7. The molecule has 1 aliphatic rings. The van der Waals surface area contributed by atoms with Crippen molar-refractivity contribution in [2.45, 2.75) is 6.54 Å². The second-order valence-electron chi connectivity index (χ2n) is 8.44. The maximum absolute atomic E-state index is 13.7. The number of hydrogen-bond donors (Lipinski definition) is 0. The number of piperazine rings is 1. The third kappa shape index (κ3) is 4.65. The van der Waals surface area contributed by atoms with E-state index in [4.69, 9.17) is 4.42 Å². The normalized spacial score (nSPS) is 14.9. The summed E-state index contributed by atoms with van der Waals surface area (Å²) in [6.45, 7) is 3.88. The van der Waals surface area contributed by atoms with E-state index in [0.717, 1.165) is 37.3 Å². The topological polar surface area (TPSA) is 41.6 Å². The number of aromatic nitrogens is 1. The molecule has 1 saturated heterocycles. The van der Waals surface area contributed by atoms with Crippen LogP contribution in [0.25, 0.3) is 17.2 Å². The lowest BCUT2D eigenvalue weighted by Gasteiger charge is -2.34. The minimum absolute atomic E-state index is 0.0894. The minimum Gasteiger partial charge on any atom is -0.463 e. The second-order valence-corrected chi connectivity index (χ2v) is 8.44. The van der Waals surface area contributed by atoms with E-state index in [9.17, 15) is 13.6 Å². The number of halogens is 2. The van der Waals surface area contributed by atoms with Crippen molar-refractivity contribution < 1.29 is 18.0 Å². The molecule has 5 rings (SSSR count). The number of carbonyl (C=O) groups excluding carboxylic acids is 1. The summed E-state index contributed by atoms with van der Waals surface area (Å²) in [4.78, 5) is 17.6. The minimum atomic E-state index is -0.904. The molecule has 5 nitrogen and oxygen atoms in total. The third-order valence-corrected chi connectivity index (χ3v) is 6.20. The number of carbonyl (C=O) groups is 1. The number of rotatable bonds is 6. The van der Waals surface area contributed by atoms with Gasteiger partial charge in [0.1, 0.15) is 5.69 Å². The SMILES string of the molecule is O=C(c1cc2occc2n1Cc1ccc(F)c(F)c1)N1CCN(C/C=C/c2ccccc2)CC1. The lowest BCUT2D eigenvalue weighted by atomic mass is 10.2. The van der Waals surface area contributed by atoms with Gasteiger partial charge in [-0.1, -0.05) is 48.6 Å². The van der Waals surface area contributed by atoms with Gasteiger partial charge in [-0.3, -0.25) is 9.69 Å². The van der Waals surface area contributed by atoms with Crippen LogP contribution in [0.2, 0.25) is 0 Å². The van der Waals surface area contributed by atoms with E-state index >= 15 is 0 Å². The van der Waals surface area contributed by atoms with E-state index in [-0.39, 0.29) is 12.5 Å².